The Morgan fingerprint density at radius 1 is 1.40 bits per heavy atom. The van der Waals surface area contributed by atoms with Crippen LogP contribution < -0.4 is 0 Å². The molecule has 0 saturated carbocycles. The summed E-state index contributed by atoms with van der Waals surface area (Å²) in [5, 5.41) is 0. The largest absolute Gasteiger partial charge is 0.392 e. The normalized spacial score (nSPS) is 7.30. The quantitative estimate of drug-likeness (QED) is 0.655. The number of aryl methyl sites for hydroxylation is 1. The summed E-state index contributed by atoms with van der Waals surface area (Å²) in [4.78, 5) is 3.89. The van der Waals surface area contributed by atoms with Crippen LogP contribution in [0.3, 0.4) is 0 Å². The Morgan fingerprint density at radius 3 is 2.30 bits per heavy atom. The average Bonchev–Trinajstić information content (AvgIpc) is 1.64. The van der Waals surface area contributed by atoms with Crippen LogP contribution in [0.1, 0.15) is 11.1 Å². The van der Waals surface area contributed by atoms with Crippen LogP contribution in [-0.4, -0.2) is 4.98 Å². The van der Waals surface area contributed by atoms with E-state index >= 15 is 0 Å². The zero-order valence-corrected chi connectivity index (χ0v) is 11.6. The second kappa shape index (κ2) is 6.91. The molecule has 0 N–H and O–H groups in total. The second-order valence-corrected chi connectivity index (χ2v) is 1.74. The fourth-order valence-electron chi connectivity index (χ4n) is 0.557. The van der Waals surface area contributed by atoms with E-state index in [1.807, 2.05) is 6.92 Å². The Hall–Kier alpha value is 1.23. The fraction of sp³-hybridized carbons (Fsp3) is 0.143. The van der Waals surface area contributed by atoms with E-state index < -0.39 is 0 Å². The molecule has 0 aliphatic carbocycles. The molecule has 1 aromatic rings. The molecule has 0 bridgehead atoms. The standard InChI is InChI=1S/C7H7N.2Y/c1-6-3-7(2)5-8-4-6;;/h4-5H,1H2,2H3;;/q-2;;. The zero-order valence-electron chi connectivity index (χ0n) is 5.96. The van der Waals surface area contributed by atoms with Crippen LogP contribution in [0.15, 0.2) is 12.4 Å². The van der Waals surface area contributed by atoms with Crippen LogP contribution in [0.5, 0.6) is 0 Å². The summed E-state index contributed by atoms with van der Waals surface area (Å²) in [5.74, 6) is 0. The molecule has 0 fully saturated rings. The van der Waals surface area contributed by atoms with E-state index in [4.69, 9.17) is 0 Å². The minimum Gasteiger partial charge on any atom is -0.392 e. The first-order valence-corrected chi connectivity index (χ1v) is 2.45. The summed E-state index contributed by atoms with van der Waals surface area (Å²) >= 11 is 0. The molecule has 0 aliphatic rings. The molecule has 48 valence electrons. The molecule has 0 unspecified atom stereocenters. The van der Waals surface area contributed by atoms with E-state index in [9.17, 15) is 0 Å². The Bertz CT molecular complexity index is 171. The monoisotopic (exact) mass is 283 g/mol. The molecule has 2 radical (unpaired) electrons. The van der Waals surface area contributed by atoms with Gasteiger partial charge in [-0.1, -0.05) is 6.92 Å². The molecule has 0 aliphatic heterocycles. The Morgan fingerprint density at radius 2 is 2.00 bits per heavy atom. The van der Waals surface area contributed by atoms with Gasteiger partial charge in [-0.25, -0.2) is 0 Å². The van der Waals surface area contributed by atoms with Gasteiger partial charge in [0.25, 0.3) is 0 Å². The van der Waals surface area contributed by atoms with Crippen molar-refractivity contribution in [2.24, 2.45) is 0 Å². The third kappa shape index (κ3) is 4.96. The minimum atomic E-state index is 0. The summed E-state index contributed by atoms with van der Waals surface area (Å²) < 4.78 is 0. The van der Waals surface area contributed by atoms with Gasteiger partial charge in [0.15, 0.2) is 0 Å². The van der Waals surface area contributed by atoms with Crippen molar-refractivity contribution >= 4 is 0 Å². The molecule has 0 amide bonds. The topological polar surface area (TPSA) is 12.9 Å². The first kappa shape index (κ1) is 13.8. The van der Waals surface area contributed by atoms with Crippen LogP contribution in [0, 0.1) is 19.9 Å². The summed E-state index contributed by atoms with van der Waals surface area (Å²) in [6.45, 7) is 5.61. The van der Waals surface area contributed by atoms with Crippen molar-refractivity contribution in [3.05, 3.63) is 36.5 Å². The van der Waals surface area contributed by atoms with E-state index in [1.165, 1.54) is 0 Å². The van der Waals surface area contributed by atoms with Gasteiger partial charge < -0.3 is 23.5 Å². The maximum atomic E-state index is 3.89. The van der Waals surface area contributed by atoms with Gasteiger partial charge >= 0.3 is 0 Å². The van der Waals surface area contributed by atoms with Crippen molar-refractivity contribution < 1.29 is 65.4 Å². The Kier molecular flexibility index (Phi) is 9.53. The molecule has 1 aromatic heterocycles. The van der Waals surface area contributed by atoms with E-state index in [2.05, 4.69) is 18.0 Å². The number of hydrogen-bond acceptors (Lipinski definition) is 1. The van der Waals surface area contributed by atoms with Crippen LogP contribution in [0.2, 0.25) is 0 Å². The van der Waals surface area contributed by atoms with E-state index in [-0.39, 0.29) is 65.4 Å². The number of hydrogen-bond donors (Lipinski definition) is 0. The van der Waals surface area contributed by atoms with Crippen molar-refractivity contribution in [2.75, 3.05) is 0 Å². The third-order valence-electron chi connectivity index (χ3n) is 0.856. The van der Waals surface area contributed by atoms with E-state index in [1.54, 1.807) is 12.4 Å². The maximum Gasteiger partial charge on any atom is 0 e. The predicted molar refractivity (Wildman–Crippen MR) is 32.3 cm³/mol. The molecule has 0 aromatic carbocycles. The van der Waals surface area contributed by atoms with Crippen LogP contribution in [0.4, 0.5) is 0 Å². The fourth-order valence-corrected chi connectivity index (χ4v) is 0.557. The van der Waals surface area contributed by atoms with Crippen molar-refractivity contribution in [1.82, 2.24) is 4.98 Å². The number of rotatable bonds is 0. The molecule has 3 heteroatoms. The van der Waals surface area contributed by atoms with E-state index in [0.717, 1.165) is 11.1 Å². The van der Waals surface area contributed by atoms with Crippen molar-refractivity contribution in [3.63, 3.8) is 0 Å². The second-order valence-electron chi connectivity index (χ2n) is 1.74. The van der Waals surface area contributed by atoms with Gasteiger partial charge in [0.2, 0.25) is 0 Å². The zero-order chi connectivity index (χ0) is 5.98. The maximum absolute atomic E-state index is 3.89. The summed E-state index contributed by atoms with van der Waals surface area (Å²) in [6.07, 6.45) is 3.45. The van der Waals surface area contributed by atoms with Crippen molar-refractivity contribution in [2.45, 2.75) is 6.92 Å². The first-order chi connectivity index (χ1) is 3.79. The molecular formula is C7H7NY2-2. The van der Waals surface area contributed by atoms with Gasteiger partial charge in [0.1, 0.15) is 0 Å². The molecular weight excluding hydrogens is 276 g/mol. The van der Waals surface area contributed by atoms with Crippen molar-refractivity contribution in [1.29, 1.82) is 0 Å². The molecule has 1 nitrogen and oxygen atoms in total. The molecule has 0 saturated heterocycles. The minimum absolute atomic E-state index is 0. The van der Waals surface area contributed by atoms with Crippen molar-refractivity contribution in [3.8, 4) is 0 Å². The number of aromatic nitrogens is 1. The van der Waals surface area contributed by atoms with Gasteiger partial charge in [-0.3, -0.25) is 0 Å². The smallest absolute Gasteiger partial charge is 0 e. The van der Waals surface area contributed by atoms with Crippen LogP contribution in [0.25, 0.3) is 0 Å². The van der Waals surface area contributed by atoms with Gasteiger partial charge in [0, 0.05) is 65.4 Å². The number of pyridine rings is 1. The molecule has 1 rings (SSSR count). The Labute approximate surface area is 112 Å². The average molecular weight is 283 g/mol. The Balaban J connectivity index is 0. The first-order valence-electron chi connectivity index (χ1n) is 2.45. The van der Waals surface area contributed by atoms with E-state index in [0.29, 0.717) is 0 Å². The van der Waals surface area contributed by atoms with Crippen LogP contribution in [-0.2, 0) is 65.4 Å². The molecule has 1 heterocycles. The van der Waals surface area contributed by atoms with Gasteiger partial charge in [-0.2, -0.15) is 11.8 Å². The SMILES string of the molecule is [CH2-]c1[c-]c(C)cnc1.[Y].[Y]. The number of nitrogens with zero attached hydrogens (tertiary/aromatic N) is 1. The summed E-state index contributed by atoms with van der Waals surface area (Å²) in [7, 11) is 0. The molecule has 0 spiro atoms. The van der Waals surface area contributed by atoms with Gasteiger partial charge in [-0.05, 0) is 6.20 Å². The third-order valence-corrected chi connectivity index (χ3v) is 0.856. The predicted octanol–water partition coefficient (Wildman–Crippen LogP) is 1.37. The summed E-state index contributed by atoms with van der Waals surface area (Å²) in [6, 6.07) is 3.00. The van der Waals surface area contributed by atoms with Crippen LogP contribution >= 0.6 is 0 Å². The van der Waals surface area contributed by atoms with Gasteiger partial charge in [0.05, 0.1) is 0 Å². The molecule has 10 heavy (non-hydrogen) atoms. The van der Waals surface area contributed by atoms with Gasteiger partial charge in [-0.15, -0.1) is 0 Å². The summed E-state index contributed by atoms with van der Waals surface area (Å²) in [5.41, 5.74) is 1.89. The molecule has 0 atom stereocenters.